The highest BCUT2D eigenvalue weighted by Crippen LogP contribution is 2.25. The first-order chi connectivity index (χ1) is 11.9. The fourth-order valence-corrected chi connectivity index (χ4v) is 2.78. The number of amides is 1. The van der Waals surface area contributed by atoms with Gasteiger partial charge in [-0.25, -0.2) is 4.98 Å². The lowest BCUT2D eigenvalue weighted by Gasteiger charge is -2.32. The fourth-order valence-electron chi connectivity index (χ4n) is 2.78. The number of ether oxygens (including phenoxy) is 1. The number of aromatic nitrogens is 3. The van der Waals surface area contributed by atoms with E-state index in [0.717, 1.165) is 22.8 Å². The van der Waals surface area contributed by atoms with Gasteiger partial charge < -0.3 is 14.5 Å². The molecule has 0 unspecified atom stereocenters. The molecule has 3 heterocycles. The lowest BCUT2D eigenvalue weighted by molar-refractivity contribution is -0.0249. The number of anilines is 1. The number of morpholine rings is 1. The van der Waals surface area contributed by atoms with Crippen LogP contribution in [-0.2, 0) is 4.74 Å². The second-order valence-electron chi connectivity index (χ2n) is 6.44. The van der Waals surface area contributed by atoms with E-state index in [9.17, 15) is 4.79 Å². The molecule has 0 saturated carbocycles. The maximum absolute atomic E-state index is 12.7. The van der Waals surface area contributed by atoms with Gasteiger partial charge in [-0.05, 0) is 26.0 Å². The third-order valence-electron chi connectivity index (χ3n) is 4.16. The molecule has 1 atom stereocenters. The van der Waals surface area contributed by atoms with Crippen molar-refractivity contribution in [2.45, 2.75) is 20.0 Å². The molecule has 0 aromatic carbocycles. The van der Waals surface area contributed by atoms with Gasteiger partial charge in [-0.15, -0.1) is 0 Å². The van der Waals surface area contributed by atoms with E-state index < -0.39 is 0 Å². The summed E-state index contributed by atoms with van der Waals surface area (Å²) in [4.78, 5) is 29.4. The second-order valence-corrected chi connectivity index (χ2v) is 6.44. The normalized spacial score (nSPS) is 17.4. The number of carbonyl (C=O) groups excluding carboxylic acids is 1. The van der Waals surface area contributed by atoms with E-state index >= 15 is 0 Å². The zero-order valence-corrected chi connectivity index (χ0v) is 15.1. The molecular formula is C18H23N5O2. The van der Waals surface area contributed by atoms with Crippen molar-refractivity contribution in [1.29, 1.82) is 0 Å². The molecule has 7 nitrogen and oxygen atoms in total. The molecule has 0 spiro atoms. The highest BCUT2D eigenvalue weighted by atomic mass is 16.5. The van der Waals surface area contributed by atoms with Gasteiger partial charge in [0.15, 0.2) is 0 Å². The predicted molar refractivity (Wildman–Crippen MR) is 94.7 cm³/mol. The molecule has 1 aliphatic rings. The van der Waals surface area contributed by atoms with Crippen LogP contribution in [0.15, 0.2) is 24.5 Å². The van der Waals surface area contributed by atoms with Crippen LogP contribution in [0.2, 0.25) is 0 Å². The monoisotopic (exact) mass is 341 g/mol. The van der Waals surface area contributed by atoms with Gasteiger partial charge in [0.2, 0.25) is 0 Å². The van der Waals surface area contributed by atoms with Crippen LogP contribution in [0.3, 0.4) is 0 Å². The quantitative estimate of drug-likeness (QED) is 0.847. The van der Waals surface area contributed by atoms with E-state index in [1.807, 2.05) is 45.0 Å². The number of hydrogen-bond donors (Lipinski definition) is 0. The van der Waals surface area contributed by atoms with E-state index in [-0.39, 0.29) is 12.0 Å². The van der Waals surface area contributed by atoms with Crippen molar-refractivity contribution in [1.82, 2.24) is 19.9 Å². The van der Waals surface area contributed by atoms with Crippen LogP contribution >= 0.6 is 0 Å². The highest BCUT2D eigenvalue weighted by molar-refractivity contribution is 5.92. The smallest absolute Gasteiger partial charge is 0.274 e. The molecule has 1 aliphatic heterocycles. The van der Waals surface area contributed by atoms with Crippen molar-refractivity contribution in [2.24, 2.45) is 0 Å². The number of rotatable bonds is 3. The molecule has 2 aromatic rings. The minimum atomic E-state index is -0.241. The van der Waals surface area contributed by atoms with Gasteiger partial charge in [0.1, 0.15) is 11.8 Å². The molecule has 0 aliphatic carbocycles. The highest BCUT2D eigenvalue weighted by Gasteiger charge is 2.28. The minimum absolute atomic E-state index is 0.124. The van der Waals surface area contributed by atoms with Crippen molar-refractivity contribution in [3.8, 4) is 0 Å². The number of pyridine rings is 1. The number of carbonyl (C=O) groups is 1. The summed E-state index contributed by atoms with van der Waals surface area (Å²) in [5, 5.41) is 0. The third kappa shape index (κ3) is 3.93. The van der Waals surface area contributed by atoms with Crippen molar-refractivity contribution in [3.05, 3.63) is 47.3 Å². The maximum Gasteiger partial charge on any atom is 0.274 e. The van der Waals surface area contributed by atoms with E-state index in [1.165, 1.54) is 6.20 Å². The fraction of sp³-hybridized carbons (Fsp3) is 0.444. The summed E-state index contributed by atoms with van der Waals surface area (Å²) < 4.78 is 5.88. The average molecular weight is 341 g/mol. The Hall–Kier alpha value is -2.54. The van der Waals surface area contributed by atoms with Gasteiger partial charge in [0.05, 0.1) is 30.7 Å². The first-order valence-corrected chi connectivity index (χ1v) is 8.29. The summed E-state index contributed by atoms with van der Waals surface area (Å²) in [5.41, 5.74) is 3.99. The zero-order chi connectivity index (χ0) is 18.0. The minimum Gasteiger partial charge on any atom is -0.378 e. The summed E-state index contributed by atoms with van der Waals surface area (Å²) >= 11 is 0. The first kappa shape index (κ1) is 17.3. The Bertz CT molecular complexity index is 761. The van der Waals surface area contributed by atoms with E-state index in [0.29, 0.717) is 25.4 Å². The molecule has 2 aromatic heterocycles. The van der Waals surface area contributed by atoms with Crippen molar-refractivity contribution in [2.75, 3.05) is 38.7 Å². The zero-order valence-electron chi connectivity index (χ0n) is 15.1. The van der Waals surface area contributed by atoms with Gasteiger partial charge in [-0.1, -0.05) is 0 Å². The van der Waals surface area contributed by atoms with Gasteiger partial charge in [0.25, 0.3) is 5.91 Å². The molecule has 0 N–H and O–H groups in total. The van der Waals surface area contributed by atoms with Crippen molar-refractivity contribution < 1.29 is 9.53 Å². The van der Waals surface area contributed by atoms with E-state index in [4.69, 9.17) is 4.74 Å². The van der Waals surface area contributed by atoms with Crippen LogP contribution in [0.1, 0.15) is 33.7 Å². The van der Waals surface area contributed by atoms with Crippen LogP contribution in [0.25, 0.3) is 0 Å². The Labute approximate surface area is 147 Å². The number of nitrogens with zero attached hydrogens (tertiary/aromatic N) is 5. The van der Waals surface area contributed by atoms with Gasteiger partial charge in [0, 0.05) is 38.2 Å². The molecule has 1 fully saturated rings. The molecule has 0 bridgehead atoms. The lowest BCUT2D eigenvalue weighted by atomic mass is 10.1. The lowest BCUT2D eigenvalue weighted by Crippen LogP contribution is -2.42. The van der Waals surface area contributed by atoms with E-state index in [1.54, 1.807) is 11.1 Å². The Morgan fingerprint density at radius 1 is 1.20 bits per heavy atom. The van der Waals surface area contributed by atoms with Crippen LogP contribution < -0.4 is 4.90 Å². The second kappa shape index (κ2) is 7.14. The van der Waals surface area contributed by atoms with Crippen molar-refractivity contribution in [3.63, 3.8) is 0 Å². The molecule has 25 heavy (non-hydrogen) atoms. The molecule has 1 saturated heterocycles. The predicted octanol–water partition coefficient (Wildman–Crippen LogP) is 1.77. The molecule has 132 valence electrons. The number of hydrogen-bond acceptors (Lipinski definition) is 6. The first-order valence-electron chi connectivity index (χ1n) is 8.29. The summed E-state index contributed by atoms with van der Waals surface area (Å²) in [6.07, 6.45) is 2.89. The summed E-state index contributed by atoms with van der Waals surface area (Å²) in [6, 6.07) is 4.04. The summed E-state index contributed by atoms with van der Waals surface area (Å²) in [6.45, 7) is 5.28. The van der Waals surface area contributed by atoms with Crippen LogP contribution in [0.5, 0.6) is 0 Å². The summed E-state index contributed by atoms with van der Waals surface area (Å²) in [5.74, 6) is -0.124. The molecular weight excluding hydrogens is 318 g/mol. The average Bonchev–Trinajstić information content (AvgIpc) is 2.61. The largest absolute Gasteiger partial charge is 0.378 e. The number of aryl methyl sites for hydroxylation is 2. The van der Waals surface area contributed by atoms with E-state index in [2.05, 4.69) is 15.0 Å². The van der Waals surface area contributed by atoms with Crippen LogP contribution in [0.4, 0.5) is 5.69 Å². The molecule has 3 rings (SSSR count). The Kier molecular flexibility index (Phi) is 4.94. The Morgan fingerprint density at radius 3 is 2.68 bits per heavy atom. The van der Waals surface area contributed by atoms with Crippen LogP contribution in [-0.4, -0.2) is 59.6 Å². The SMILES string of the molecule is Cc1cnc(C(=O)N2CCO[C@@H](c3cc(N(C)C)cc(C)n3)C2)cn1. The van der Waals surface area contributed by atoms with Crippen LogP contribution in [0, 0.1) is 13.8 Å². The Balaban J connectivity index is 1.79. The molecule has 7 heteroatoms. The Morgan fingerprint density at radius 2 is 2.00 bits per heavy atom. The molecule has 1 amide bonds. The molecule has 0 radical (unpaired) electrons. The standard InChI is InChI=1S/C18H23N5O2/c1-12-7-14(22(3)4)8-15(21-12)17-11-23(5-6-25-17)18(24)16-10-19-13(2)9-20-16/h7-10,17H,5-6,11H2,1-4H3/t17-/m1/s1. The van der Waals surface area contributed by atoms with Gasteiger partial charge >= 0.3 is 0 Å². The maximum atomic E-state index is 12.7. The van der Waals surface area contributed by atoms with Crippen molar-refractivity contribution >= 4 is 11.6 Å². The summed E-state index contributed by atoms with van der Waals surface area (Å²) in [7, 11) is 3.98. The topological polar surface area (TPSA) is 71.5 Å². The van der Waals surface area contributed by atoms with Gasteiger partial charge in [-0.2, -0.15) is 0 Å². The van der Waals surface area contributed by atoms with Gasteiger partial charge in [-0.3, -0.25) is 14.8 Å². The third-order valence-corrected chi connectivity index (χ3v) is 4.16.